The lowest BCUT2D eigenvalue weighted by Crippen LogP contribution is -2.33. The van der Waals surface area contributed by atoms with Crippen LogP contribution in [0.5, 0.6) is 0 Å². The van der Waals surface area contributed by atoms with E-state index in [-0.39, 0.29) is 0 Å². The van der Waals surface area contributed by atoms with Gasteiger partial charge in [0.15, 0.2) is 0 Å². The minimum absolute atomic E-state index is 0.730. The Labute approximate surface area is 94.5 Å². The first-order valence-corrected chi connectivity index (χ1v) is 5.97. The molecular formula is C12H26N2O. The number of rotatable bonds is 10. The number of likely N-dealkylation sites (N-methyl/N-ethyl adjacent to an activating group) is 1. The molecule has 0 aliphatic heterocycles. The van der Waals surface area contributed by atoms with Gasteiger partial charge in [0.2, 0.25) is 0 Å². The summed E-state index contributed by atoms with van der Waals surface area (Å²) in [5, 5.41) is 3.37. The topological polar surface area (TPSA) is 24.5 Å². The van der Waals surface area contributed by atoms with Crippen LogP contribution in [0.4, 0.5) is 0 Å². The van der Waals surface area contributed by atoms with Gasteiger partial charge in [0.25, 0.3) is 0 Å². The van der Waals surface area contributed by atoms with Gasteiger partial charge in [-0.2, -0.15) is 0 Å². The second kappa shape index (κ2) is 11.7. The summed E-state index contributed by atoms with van der Waals surface area (Å²) in [5.41, 5.74) is 0. The molecule has 3 nitrogen and oxygen atoms in total. The van der Waals surface area contributed by atoms with Crippen LogP contribution in [0.25, 0.3) is 0 Å². The van der Waals surface area contributed by atoms with Crippen molar-refractivity contribution in [2.24, 2.45) is 0 Å². The number of hydrogen-bond donors (Lipinski definition) is 1. The molecule has 0 aromatic carbocycles. The van der Waals surface area contributed by atoms with Crippen LogP contribution in [0.15, 0.2) is 12.2 Å². The summed E-state index contributed by atoms with van der Waals surface area (Å²) in [6, 6.07) is 0. The van der Waals surface area contributed by atoms with Crippen molar-refractivity contribution < 1.29 is 4.74 Å². The van der Waals surface area contributed by atoms with Crippen molar-refractivity contribution >= 4 is 0 Å². The van der Waals surface area contributed by atoms with E-state index in [1.807, 2.05) is 19.1 Å². The highest BCUT2D eigenvalue weighted by molar-refractivity contribution is 4.75. The van der Waals surface area contributed by atoms with Crippen LogP contribution in [-0.2, 0) is 4.74 Å². The van der Waals surface area contributed by atoms with Gasteiger partial charge in [0.05, 0.1) is 13.2 Å². The van der Waals surface area contributed by atoms with Gasteiger partial charge in [-0.3, -0.25) is 0 Å². The van der Waals surface area contributed by atoms with Crippen LogP contribution in [-0.4, -0.2) is 50.8 Å². The maximum absolute atomic E-state index is 5.37. The highest BCUT2D eigenvalue weighted by Gasteiger charge is 1.96. The van der Waals surface area contributed by atoms with Gasteiger partial charge >= 0.3 is 0 Å². The first-order chi connectivity index (χ1) is 7.35. The van der Waals surface area contributed by atoms with E-state index in [4.69, 9.17) is 4.74 Å². The van der Waals surface area contributed by atoms with E-state index in [2.05, 4.69) is 24.1 Å². The van der Waals surface area contributed by atoms with Gasteiger partial charge in [-0.25, -0.2) is 0 Å². The zero-order valence-electron chi connectivity index (χ0n) is 10.5. The van der Waals surface area contributed by atoms with Crippen molar-refractivity contribution in [2.45, 2.75) is 20.8 Å². The monoisotopic (exact) mass is 214 g/mol. The first kappa shape index (κ1) is 14.6. The van der Waals surface area contributed by atoms with E-state index in [0.717, 1.165) is 45.9 Å². The number of hydrogen-bond acceptors (Lipinski definition) is 3. The van der Waals surface area contributed by atoms with Crippen LogP contribution in [0, 0.1) is 0 Å². The zero-order chi connectivity index (χ0) is 11.4. The molecule has 0 spiro atoms. The molecule has 15 heavy (non-hydrogen) atoms. The van der Waals surface area contributed by atoms with Gasteiger partial charge in [0.1, 0.15) is 0 Å². The molecule has 0 bridgehead atoms. The number of nitrogens with zero attached hydrogens (tertiary/aromatic N) is 1. The second-order valence-electron chi connectivity index (χ2n) is 3.42. The van der Waals surface area contributed by atoms with Crippen LogP contribution in [0.2, 0.25) is 0 Å². The largest absolute Gasteiger partial charge is 0.376 e. The molecule has 0 amide bonds. The van der Waals surface area contributed by atoms with E-state index in [1.165, 1.54) is 0 Å². The molecule has 90 valence electrons. The molecule has 0 saturated carbocycles. The zero-order valence-corrected chi connectivity index (χ0v) is 10.5. The van der Waals surface area contributed by atoms with Gasteiger partial charge < -0.3 is 15.0 Å². The van der Waals surface area contributed by atoms with Gasteiger partial charge in [0, 0.05) is 19.6 Å². The third-order valence-electron chi connectivity index (χ3n) is 2.37. The predicted octanol–water partition coefficient (Wildman–Crippen LogP) is 1.51. The van der Waals surface area contributed by atoms with Crippen LogP contribution < -0.4 is 5.32 Å². The molecule has 0 radical (unpaired) electrons. The van der Waals surface area contributed by atoms with Gasteiger partial charge in [-0.15, -0.1) is 0 Å². The Kier molecular flexibility index (Phi) is 11.4. The number of nitrogens with one attached hydrogen (secondary N) is 1. The number of ether oxygens (including phenoxy) is 1. The average molecular weight is 214 g/mol. The van der Waals surface area contributed by atoms with Crippen molar-refractivity contribution in [3.05, 3.63) is 12.2 Å². The molecule has 3 heteroatoms. The third kappa shape index (κ3) is 9.91. The maximum atomic E-state index is 5.37. The Morgan fingerprint density at radius 2 is 1.93 bits per heavy atom. The minimum Gasteiger partial charge on any atom is -0.376 e. The fourth-order valence-corrected chi connectivity index (χ4v) is 1.29. The summed E-state index contributed by atoms with van der Waals surface area (Å²) in [7, 11) is 0. The highest BCUT2D eigenvalue weighted by Crippen LogP contribution is 1.84. The van der Waals surface area contributed by atoms with E-state index in [0.29, 0.717) is 0 Å². The van der Waals surface area contributed by atoms with E-state index in [1.54, 1.807) is 0 Å². The van der Waals surface area contributed by atoms with Crippen molar-refractivity contribution in [1.29, 1.82) is 0 Å². The number of allylic oxidation sites excluding steroid dienone is 1. The fourth-order valence-electron chi connectivity index (χ4n) is 1.29. The molecule has 0 unspecified atom stereocenters. The summed E-state index contributed by atoms with van der Waals surface area (Å²) in [6.45, 7) is 13.3. The van der Waals surface area contributed by atoms with Crippen LogP contribution in [0.1, 0.15) is 20.8 Å². The minimum atomic E-state index is 0.730. The average Bonchev–Trinajstić information content (AvgIpc) is 2.27. The lowest BCUT2D eigenvalue weighted by Gasteiger charge is -2.17. The maximum Gasteiger partial charge on any atom is 0.0647 e. The summed E-state index contributed by atoms with van der Waals surface area (Å²) >= 11 is 0. The Hall–Kier alpha value is -0.380. The lowest BCUT2D eigenvalue weighted by molar-refractivity contribution is 0.162. The molecule has 0 aliphatic carbocycles. The van der Waals surface area contributed by atoms with E-state index < -0.39 is 0 Å². The van der Waals surface area contributed by atoms with Crippen LogP contribution >= 0.6 is 0 Å². The summed E-state index contributed by atoms with van der Waals surface area (Å²) in [5.74, 6) is 0. The summed E-state index contributed by atoms with van der Waals surface area (Å²) in [4.78, 5) is 2.41. The Morgan fingerprint density at radius 3 is 2.53 bits per heavy atom. The SMILES string of the molecule is CC=CCOCCNCCN(CC)CC. The predicted molar refractivity (Wildman–Crippen MR) is 66.3 cm³/mol. The van der Waals surface area contributed by atoms with Crippen LogP contribution in [0.3, 0.4) is 0 Å². The third-order valence-corrected chi connectivity index (χ3v) is 2.37. The van der Waals surface area contributed by atoms with Crippen molar-refractivity contribution in [3.63, 3.8) is 0 Å². The van der Waals surface area contributed by atoms with E-state index >= 15 is 0 Å². The van der Waals surface area contributed by atoms with Crippen molar-refractivity contribution in [2.75, 3.05) is 45.9 Å². The molecule has 0 aromatic heterocycles. The lowest BCUT2D eigenvalue weighted by atomic mass is 10.4. The molecule has 0 aliphatic rings. The molecule has 0 atom stereocenters. The highest BCUT2D eigenvalue weighted by atomic mass is 16.5. The molecule has 1 N–H and O–H groups in total. The van der Waals surface area contributed by atoms with Crippen molar-refractivity contribution in [1.82, 2.24) is 10.2 Å². The Bertz CT molecular complexity index is 145. The Balaban J connectivity index is 3.10. The molecule has 0 heterocycles. The summed E-state index contributed by atoms with van der Waals surface area (Å²) < 4.78 is 5.37. The smallest absolute Gasteiger partial charge is 0.0647 e. The standard InChI is InChI=1S/C12H26N2O/c1-4-7-11-15-12-9-13-8-10-14(5-2)6-3/h4,7,13H,5-6,8-12H2,1-3H3. The Morgan fingerprint density at radius 1 is 1.20 bits per heavy atom. The molecular weight excluding hydrogens is 188 g/mol. The summed E-state index contributed by atoms with van der Waals surface area (Å²) in [6.07, 6.45) is 4.03. The molecule has 0 fully saturated rings. The normalized spacial score (nSPS) is 11.7. The fraction of sp³-hybridized carbons (Fsp3) is 0.833. The van der Waals surface area contributed by atoms with Gasteiger partial charge in [-0.05, 0) is 20.0 Å². The second-order valence-corrected chi connectivity index (χ2v) is 3.42. The van der Waals surface area contributed by atoms with E-state index in [9.17, 15) is 0 Å². The van der Waals surface area contributed by atoms with Gasteiger partial charge in [-0.1, -0.05) is 26.0 Å². The molecule has 0 aromatic rings. The molecule has 0 saturated heterocycles. The van der Waals surface area contributed by atoms with Crippen molar-refractivity contribution in [3.8, 4) is 0 Å². The first-order valence-electron chi connectivity index (χ1n) is 5.97. The quantitative estimate of drug-likeness (QED) is 0.441. The molecule has 0 rings (SSSR count).